The highest BCUT2D eigenvalue weighted by Crippen LogP contribution is 2.03. The van der Waals surface area contributed by atoms with E-state index in [2.05, 4.69) is 76.4 Å². The SMILES string of the molecule is CC/C=C\C/C=C\C/C=C\C/C=C\C/C=C\CCCC(=O)OCCCC(=O)OC(=O)/C=C/C(=O)NCCCC(=O)OC. The van der Waals surface area contributed by atoms with Crippen molar-refractivity contribution in [3.63, 3.8) is 0 Å². The summed E-state index contributed by atoms with van der Waals surface area (Å²) in [5.74, 6) is -3.03. The summed E-state index contributed by atoms with van der Waals surface area (Å²) < 4.78 is 14.2. The number of nitrogens with one attached hydrogen (secondary N) is 1. The number of hydrogen-bond acceptors (Lipinski definition) is 8. The van der Waals surface area contributed by atoms with E-state index >= 15 is 0 Å². The summed E-state index contributed by atoms with van der Waals surface area (Å²) in [5.41, 5.74) is 0. The van der Waals surface area contributed by atoms with Gasteiger partial charge in [0.2, 0.25) is 5.91 Å². The molecule has 9 nitrogen and oxygen atoms in total. The molecular weight excluding hydrogens is 538 g/mol. The summed E-state index contributed by atoms with van der Waals surface area (Å²) in [7, 11) is 1.28. The van der Waals surface area contributed by atoms with Gasteiger partial charge in [-0.25, -0.2) is 4.79 Å². The third-order valence-corrected chi connectivity index (χ3v) is 5.37. The van der Waals surface area contributed by atoms with E-state index in [1.165, 1.54) is 7.11 Å². The Morgan fingerprint density at radius 2 is 1.17 bits per heavy atom. The predicted molar refractivity (Wildman–Crippen MR) is 163 cm³/mol. The molecule has 1 N–H and O–H groups in total. The lowest BCUT2D eigenvalue weighted by Gasteiger charge is -2.04. The van der Waals surface area contributed by atoms with E-state index in [0.29, 0.717) is 12.8 Å². The van der Waals surface area contributed by atoms with Crippen molar-refractivity contribution in [1.29, 1.82) is 0 Å². The molecule has 0 aliphatic heterocycles. The zero-order chi connectivity index (χ0) is 31.1. The maximum atomic E-state index is 11.8. The van der Waals surface area contributed by atoms with Crippen LogP contribution in [0, 0.1) is 0 Å². The first-order chi connectivity index (χ1) is 20.4. The number of esters is 4. The molecule has 0 rings (SSSR count). The lowest BCUT2D eigenvalue weighted by molar-refractivity contribution is -0.157. The molecule has 0 spiro atoms. The maximum absolute atomic E-state index is 11.8. The van der Waals surface area contributed by atoms with Gasteiger partial charge >= 0.3 is 23.9 Å². The normalized spacial score (nSPS) is 11.9. The van der Waals surface area contributed by atoms with Crippen LogP contribution in [0.15, 0.2) is 72.9 Å². The monoisotopic (exact) mass is 585 g/mol. The van der Waals surface area contributed by atoms with Crippen molar-refractivity contribution in [2.45, 2.75) is 84.0 Å². The number of methoxy groups -OCH3 is 1. The van der Waals surface area contributed by atoms with Crippen LogP contribution in [-0.4, -0.2) is 50.0 Å². The summed E-state index contributed by atoms with van der Waals surface area (Å²) in [6.45, 7) is 2.41. The summed E-state index contributed by atoms with van der Waals surface area (Å²) >= 11 is 0. The van der Waals surface area contributed by atoms with Crippen molar-refractivity contribution < 1.29 is 38.2 Å². The Morgan fingerprint density at radius 1 is 0.619 bits per heavy atom. The standard InChI is InChI=1S/C33H47NO8/c1-3-4-5-6-7-8-9-10-11-12-13-14-15-16-17-18-19-22-31(37)41-28-21-24-32(38)42-33(39)26-25-29(35)34-27-20-23-30(36)40-2/h4-5,7-8,10-11,13-14,16-17,25-26H,3,6,9,12,15,18-24,27-28H2,1-2H3,(H,34,35)/b5-4-,8-7-,11-10-,14-13-,17-16-,26-25+. The Labute approximate surface area is 250 Å². The minimum Gasteiger partial charge on any atom is -0.469 e. The van der Waals surface area contributed by atoms with Crippen LogP contribution in [0.2, 0.25) is 0 Å². The molecule has 0 atom stereocenters. The Bertz CT molecular complexity index is 973. The van der Waals surface area contributed by atoms with E-state index in [4.69, 9.17) is 4.74 Å². The van der Waals surface area contributed by atoms with E-state index in [1.54, 1.807) is 0 Å². The molecule has 42 heavy (non-hydrogen) atoms. The molecule has 0 unspecified atom stereocenters. The first kappa shape index (κ1) is 38.0. The molecule has 0 aromatic carbocycles. The number of carbonyl (C=O) groups excluding carboxylic acids is 5. The summed E-state index contributed by atoms with van der Waals surface area (Å²) in [6.07, 6.45) is 30.3. The van der Waals surface area contributed by atoms with Crippen LogP contribution < -0.4 is 5.32 Å². The second kappa shape index (κ2) is 28.5. The van der Waals surface area contributed by atoms with Gasteiger partial charge < -0.3 is 19.5 Å². The fourth-order valence-electron chi connectivity index (χ4n) is 3.15. The summed E-state index contributed by atoms with van der Waals surface area (Å²) in [5, 5.41) is 2.48. The highest BCUT2D eigenvalue weighted by molar-refractivity contribution is 5.98. The number of amides is 1. The second-order valence-corrected chi connectivity index (χ2v) is 9.02. The maximum Gasteiger partial charge on any atom is 0.338 e. The van der Waals surface area contributed by atoms with Crippen molar-refractivity contribution in [2.24, 2.45) is 0 Å². The molecule has 0 heterocycles. The van der Waals surface area contributed by atoms with E-state index in [1.807, 2.05) is 6.08 Å². The van der Waals surface area contributed by atoms with Crippen LogP contribution >= 0.6 is 0 Å². The molecule has 0 aromatic rings. The Morgan fingerprint density at radius 3 is 1.76 bits per heavy atom. The topological polar surface area (TPSA) is 125 Å². The highest BCUT2D eigenvalue weighted by Gasteiger charge is 2.09. The summed E-state index contributed by atoms with van der Waals surface area (Å²) in [4.78, 5) is 57.7. The zero-order valence-electron chi connectivity index (χ0n) is 25.1. The molecule has 1 amide bonds. The van der Waals surface area contributed by atoms with Gasteiger partial charge in [0.15, 0.2) is 0 Å². The van der Waals surface area contributed by atoms with Crippen molar-refractivity contribution >= 4 is 29.8 Å². The van der Waals surface area contributed by atoms with Crippen LogP contribution in [0.4, 0.5) is 0 Å². The largest absolute Gasteiger partial charge is 0.469 e. The molecule has 9 heteroatoms. The number of ether oxygens (including phenoxy) is 3. The molecule has 0 saturated heterocycles. The molecule has 232 valence electrons. The Hall–Kier alpha value is -4.01. The smallest absolute Gasteiger partial charge is 0.338 e. The van der Waals surface area contributed by atoms with Crippen LogP contribution in [0.1, 0.15) is 84.0 Å². The molecular formula is C33H47NO8. The minimum absolute atomic E-state index is 0.0492. The van der Waals surface area contributed by atoms with Crippen molar-refractivity contribution in [1.82, 2.24) is 5.32 Å². The van der Waals surface area contributed by atoms with Gasteiger partial charge in [0, 0.05) is 38.0 Å². The summed E-state index contributed by atoms with van der Waals surface area (Å²) in [6, 6.07) is 0. The lowest BCUT2D eigenvalue weighted by Crippen LogP contribution is -2.23. The Balaban J connectivity index is 3.76. The van der Waals surface area contributed by atoms with Gasteiger partial charge in [-0.3, -0.25) is 19.2 Å². The minimum atomic E-state index is -0.975. The molecule has 0 radical (unpaired) electrons. The molecule has 0 saturated carbocycles. The van der Waals surface area contributed by atoms with E-state index in [9.17, 15) is 24.0 Å². The lowest BCUT2D eigenvalue weighted by atomic mass is 10.2. The van der Waals surface area contributed by atoms with Gasteiger partial charge in [0.05, 0.1) is 13.7 Å². The van der Waals surface area contributed by atoms with Gasteiger partial charge in [-0.2, -0.15) is 0 Å². The van der Waals surface area contributed by atoms with Crippen molar-refractivity contribution in [2.75, 3.05) is 20.3 Å². The van der Waals surface area contributed by atoms with Crippen molar-refractivity contribution in [3.05, 3.63) is 72.9 Å². The first-order valence-electron chi connectivity index (χ1n) is 14.6. The quantitative estimate of drug-likeness (QED) is 0.0391. The number of unbranched alkanes of at least 4 members (excludes halogenated alkanes) is 1. The van der Waals surface area contributed by atoms with Gasteiger partial charge in [0.1, 0.15) is 0 Å². The van der Waals surface area contributed by atoms with Crippen LogP contribution in [0.25, 0.3) is 0 Å². The average Bonchev–Trinajstić information content (AvgIpc) is 2.97. The van der Waals surface area contributed by atoms with Crippen LogP contribution in [0.5, 0.6) is 0 Å². The molecule has 0 aromatic heterocycles. The van der Waals surface area contributed by atoms with E-state index < -0.39 is 17.8 Å². The van der Waals surface area contributed by atoms with Crippen molar-refractivity contribution in [3.8, 4) is 0 Å². The zero-order valence-corrected chi connectivity index (χ0v) is 25.1. The van der Waals surface area contributed by atoms with Gasteiger partial charge in [-0.05, 0) is 57.8 Å². The molecule has 0 bridgehead atoms. The highest BCUT2D eigenvalue weighted by atomic mass is 16.6. The Kier molecular flexibility index (Phi) is 25.8. The number of rotatable bonds is 23. The third kappa shape index (κ3) is 27.6. The molecule has 0 aliphatic carbocycles. The second-order valence-electron chi connectivity index (χ2n) is 9.02. The molecule has 0 fully saturated rings. The first-order valence-corrected chi connectivity index (χ1v) is 14.6. The number of allylic oxidation sites excluding steroid dienone is 10. The average molecular weight is 586 g/mol. The van der Waals surface area contributed by atoms with Crippen LogP contribution in [0.3, 0.4) is 0 Å². The van der Waals surface area contributed by atoms with Crippen LogP contribution in [-0.2, 0) is 38.2 Å². The fraction of sp³-hybridized carbons (Fsp3) is 0.485. The van der Waals surface area contributed by atoms with Gasteiger partial charge in [-0.15, -0.1) is 0 Å². The van der Waals surface area contributed by atoms with Gasteiger partial charge in [0.25, 0.3) is 0 Å². The van der Waals surface area contributed by atoms with E-state index in [0.717, 1.165) is 50.7 Å². The fourth-order valence-corrected chi connectivity index (χ4v) is 3.15. The number of carbonyl (C=O) groups is 5. The van der Waals surface area contributed by atoms with Gasteiger partial charge in [-0.1, -0.05) is 67.7 Å². The molecule has 0 aliphatic rings. The van der Waals surface area contributed by atoms with E-state index in [-0.39, 0.29) is 50.8 Å². The third-order valence-electron chi connectivity index (χ3n) is 5.37. The predicted octanol–water partition coefficient (Wildman–Crippen LogP) is 5.93. The number of hydrogen-bond donors (Lipinski definition) is 1.